The predicted octanol–water partition coefficient (Wildman–Crippen LogP) is 3.92. The zero-order valence-corrected chi connectivity index (χ0v) is 21.9. The Kier molecular flexibility index (Phi) is 8.50. The van der Waals surface area contributed by atoms with E-state index in [1.807, 2.05) is 13.8 Å². The molecule has 0 spiro atoms. The van der Waals surface area contributed by atoms with Gasteiger partial charge in [-0.25, -0.2) is 4.79 Å². The molecule has 1 unspecified atom stereocenters. The van der Waals surface area contributed by atoms with E-state index in [4.69, 9.17) is 14.2 Å². The van der Waals surface area contributed by atoms with Crippen molar-refractivity contribution in [2.24, 2.45) is 0 Å². The van der Waals surface area contributed by atoms with Crippen molar-refractivity contribution in [2.45, 2.75) is 45.7 Å². The number of amides is 2. The standard InChI is InChI=1S/C28H33N3O7/c1-4-36-19-10-11-20(22(17-19)37-5-2)25(32)23-24(21-9-7-8-14-29-21)31(27(34)26(23)33)18-12-15-30(16-13-18)28(35)38-6-3/h7-11,14,17-18,24,32H,4-6,12-13,15-16H2,1-3H3/b25-23+. The van der Waals surface area contributed by atoms with Crippen LogP contribution in [0.25, 0.3) is 5.76 Å². The average Bonchev–Trinajstić information content (AvgIpc) is 3.19. The molecular weight excluding hydrogens is 490 g/mol. The number of aromatic nitrogens is 1. The fourth-order valence-electron chi connectivity index (χ4n) is 4.97. The lowest BCUT2D eigenvalue weighted by Crippen LogP contribution is -2.48. The largest absolute Gasteiger partial charge is 0.507 e. The van der Waals surface area contributed by atoms with Crippen LogP contribution < -0.4 is 9.47 Å². The zero-order chi connectivity index (χ0) is 27.2. The first-order valence-electron chi connectivity index (χ1n) is 12.9. The van der Waals surface area contributed by atoms with Gasteiger partial charge in [-0.15, -0.1) is 0 Å². The Morgan fingerprint density at radius 2 is 1.76 bits per heavy atom. The van der Waals surface area contributed by atoms with Crippen LogP contribution >= 0.6 is 0 Å². The Bertz CT molecular complexity index is 1210. The van der Waals surface area contributed by atoms with Gasteiger partial charge in [0.25, 0.3) is 11.7 Å². The molecule has 1 aromatic heterocycles. The molecular formula is C28H33N3O7. The topological polar surface area (TPSA) is 119 Å². The molecule has 0 bridgehead atoms. The monoisotopic (exact) mass is 523 g/mol. The number of piperidine rings is 1. The lowest BCUT2D eigenvalue weighted by atomic mass is 9.96. The molecule has 2 fully saturated rings. The summed E-state index contributed by atoms with van der Waals surface area (Å²) in [7, 11) is 0. The SMILES string of the molecule is CCOC(=O)N1CCC(N2C(=O)C(=O)/C(=C(/O)c3ccc(OCC)cc3OCC)C2c2ccccn2)CC1. The van der Waals surface area contributed by atoms with Crippen LogP contribution in [0.3, 0.4) is 0 Å². The molecule has 202 valence electrons. The number of carbonyl (C=O) groups excluding carboxylic acids is 3. The van der Waals surface area contributed by atoms with Gasteiger partial charge in [-0.1, -0.05) is 6.07 Å². The van der Waals surface area contributed by atoms with E-state index in [9.17, 15) is 19.5 Å². The van der Waals surface area contributed by atoms with Gasteiger partial charge in [0, 0.05) is 31.4 Å². The summed E-state index contributed by atoms with van der Waals surface area (Å²) in [6.45, 7) is 7.25. The van der Waals surface area contributed by atoms with Crippen molar-refractivity contribution < 1.29 is 33.7 Å². The van der Waals surface area contributed by atoms with E-state index in [2.05, 4.69) is 4.98 Å². The first-order chi connectivity index (χ1) is 18.4. The Morgan fingerprint density at radius 1 is 1.03 bits per heavy atom. The molecule has 2 aliphatic rings. The number of carbonyl (C=O) groups is 3. The van der Waals surface area contributed by atoms with Crippen molar-refractivity contribution in [1.29, 1.82) is 0 Å². The van der Waals surface area contributed by atoms with Gasteiger partial charge in [0.05, 0.1) is 36.7 Å². The van der Waals surface area contributed by atoms with Crippen molar-refractivity contribution in [1.82, 2.24) is 14.8 Å². The van der Waals surface area contributed by atoms with E-state index in [0.29, 0.717) is 56.3 Å². The van der Waals surface area contributed by atoms with Crippen molar-refractivity contribution in [3.8, 4) is 11.5 Å². The summed E-state index contributed by atoms with van der Waals surface area (Å²) in [4.78, 5) is 46.6. The minimum absolute atomic E-state index is 0.0494. The van der Waals surface area contributed by atoms with E-state index in [1.165, 1.54) is 4.90 Å². The Morgan fingerprint density at radius 3 is 2.39 bits per heavy atom. The summed E-state index contributed by atoms with van der Waals surface area (Å²) < 4.78 is 16.4. The van der Waals surface area contributed by atoms with E-state index >= 15 is 0 Å². The van der Waals surface area contributed by atoms with Gasteiger partial charge >= 0.3 is 6.09 Å². The number of aliphatic hydroxyl groups is 1. The van der Waals surface area contributed by atoms with Crippen LogP contribution in [0.4, 0.5) is 4.79 Å². The second-order valence-corrected chi connectivity index (χ2v) is 8.90. The van der Waals surface area contributed by atoms with E-state index in [-0.39, 0.29) is 29.5 Å². The number of rotatable bonds is 8. The number of ketones is 1. The zero-order valence-electron chi connectivity index (χ0n) is 21.9. The molecule has 1 aromatic carbocycles. The number of likely N-dealkylation sites (tertiary alicyclic amines) is 2. The van der Waals surface area contributed by atoms with E-state index < -0.39 is 23.8 Å². The number of nitrogens with zero attached hydrogens (tertiary/aromatic N) is 3. The first kappa shape index (κ1) is 27.0. The summed E-state index contributed by atoms with van der Waals surface area (Å²) in [5.41, 5.74) is 0.697. The first-order valence-corrected chi connectivity index (χ1v) is 12.9. The molecule has 0 radical (unpaired) electrons. The third-order valence-corrected chi connectivity index (χ3v) is 6.65. The lowest BCUT2D eigenvalue weighted by Gasteiger charge is -2.38. The smallest absolute Gasteiger partial charge is 0.409 e. The van der Waals surface area contributed by atoms with E-state index in [1.54, 1.807) is 54.4 Å². The molecule has 3 heterocycles. The molecule has 2 amide bonds. The molecule has 2 aromatic rings. The molecule has 0 saturated carbocycles. The predicted molar refractivity (Wildman–Crippen MR) is 139 cm³/mol. The summed E-state index contributed by atoms with van der Waals surface area (Å²) in [6.07, 6.45) is 2.11. The fraction of sp³-hybridized carbons (Fsp3) is 0.429. The third kappa shape index (κ3) is 5.29. The average molecular weight is 524 g/mol. The maximum atomic E-state index is 13.5. The van der Waals surface area contributed by atoms with Gasteiger partial charge in [0.15, 0.2) is 0 Å². The molecule has 0 aliphatic carbocycles. The fourth-order valence-corrected chi connectivity index (χ4v) is 4.97. The van der Waals surface area contributed by atoms with Gasteiger partial charge in [0.2, 0.25) is 0 Å². The lowest BCUT2D eigenvalue weighted by molar-refractivity contribution is -0.142. The number of ether oxygens (including phenoxy) is 3. The number of aliphatic hydroxyl groups excluding tert-OH is 1. The maximum Gasteiger partial charge on any atom is 0.409 e. The van der Waals surface area contributed by atoms with Crippen LogP contribution in [0.1, 0.15) is 50.9 Å². The molecule has 10 heteroatoms. The Labute approximate surface area is 221 Å². The summed E-state index contributed by atoms with van der Waals surface area (Å²) in [6, 6.07) is 8.97. The maximum absolute atomic E-state index is 13.5. The van der Waals surface area contributed by atoms with Crippen LogP contribution in [-0.4, -0.2) is 76.6 Å². The molecule has 4 rings (SSSR count). The van der Waals surface area contributed by atoms with Crippen LogP contribution in [0.5, 0.6) is 11.5 Å². The summed E-state index contributed by atoms with van der Waals surface area (Å²) in [5, 5.41) is 11.5. The molecule has 38 heavy (non-hydrogen) atoms. The van der Waals surface area contributed by atoms with Gasteiger partial charge in [0.1, 0.15) is 23.3 Å². The normalized spacial score (nSPS) is 19.5. The molecule has 1 atom stereocenters. The minimum Gasteiger partial charge on any atom is -0.507 e. The summed E-state index contributed by atoms with van der Waals surface area (Å²) in [5.74, 6) is -0.938. The van der Waals surface area contributed by atoms with Crippen LogP contribution in [0, 0.1) is 0 Å². The van der Waals surface area contributed by atoms with Crippen molar-refractivity contribution >= 4 is 23.5 Å². The van der Waals surface area contributed by atoms with Gasteiger partial charge < -0.3 is 29.1 Å². The quantitative estimate of drug-likeness (QED) is 0.314. The summed E-state index contributed by atoms with van der Waals surface area (Å²) >= 11 is 0. The second kappa shape index (κ2) is 12.0. The van der Waals surface area contributed by atoms with E-state index in [0.717, 1.165) is 0 Å². The van der Waals surface area contributed by atoms with Crippen molar-refractivity contribution in [3.63, 3.8) is 0 Å². The molecule has 10 nitrogen and oxygen atoms in total. The van der Waals surface area contributed by atoms with Crippen LogP contribution in [0.15, 0.2) is 48.2 Å². The van der Waals surface area contributed by atoms with Gasteiger partial charge in [-0.2, -0.15) is 0 Å². The highest BCUT2D eigenvalue weighted by Crippen LogP contribution is 2.43. The van der Waals surface area contributed by atoms with Gasteiger partial charge in [-0.3, -0.25) is 14.6 Å². The number of Topliss-reactive ketones (excluding diaryl/α,β-unsaturated/α-hetero) is 1. The Hall–Kier alpha value is -4.08. The number of hydrogen-bond donors (Lipinski definition) is 1. The molecule has 2 saturated heterocycles. The van der Waals surface area contributed by atoms with Crippen LogP contribution in [-0.2, 0) is 14.3 Å². The van der Waals surface area contributed by atoms with Crippen molar-refractivity contribution in [2.75, 3.05) is 32.9 Å². The second-order valence-electron chi connectivity index (χ2n) is 8.90. The number of hydrogen-bond acceptors (Lipinski definition) is 8. The highest BCUT2D eigenvalue weighted by Gasteiger charge is 2.50. The Balaban J connectivity index is 1.76. The third-order valence-electron chi connectivity index (χ3n) is 6.65. The number of benzene rings is 1. The van der Waals surface area contributed by atoms with Gasteiger partial charge in [-0.05, 0) is 57.9 Å². The molecule has 1 N–H and O–H groups in total. The van der Waals surface area contributed by atoms with Crippen molar-refractivity contribution in [3.05, 3.63) is 59.4 Å². The molecule has 2 aliphatic heterocycles. The van der Waals surface area contributed by atoms with Crippen LogP contribution in [0.2, 0.25) is 0 Å². The minimum atomic E-state index is -0.892. The number of pyridine rings is 1. The highest BCUT2D eigenvalue weighted by molar-refractivity contribution is 6.46. The highest BCUT2D eigenvalue weighted by atomic mass is 16.6.